The molecule has 1 aromatic heterocycles. The summed E-state index contributed by atoms with van der Waals surface area (Å²) in [6, 6.07) is 0. The van der Waals surface area contributed by atoms with Crippen molar-refractivity contribution in [1.29, 1.82) is 0 Å². The number of ketones is 1. The van der Waals surface area contributed by atoms with E-state index in [0.717, 1.165) is 7.11 Å². The number of halogens is 1. The van der Waals surface area contributed by atoms with Crippen LogP contribution in [0.5, 0.6) is 0 Å². The molecule has 0 saturated carbocycles. The minimum Gasteiger partial charge on any atom is -0.463 e. The third-order valence-electron chi connectivity index (χ3n) is 2.63. The molecule has 0 aliphatic rings. The lowest BCUT2D eigenvalue weighted by Gasteiger charge is -2.02. The van der Waals surface area contributed by atoms with E-state index in [0.29, 0.717) is 5.56 Å². The average molecular weight is 288 g/mol. The number of hydrogen-bond acceptors (Lipinski definition) is 5. The van der Waals surface area contributed by atoms with Gasteiger partial charge in [-0.3, -0.25) is 4.79 Å². The average Bonchev–Trinajstić information content (AvgIpc) is 2.59. The van der Waals surface area contributed by atoms with Crippen LogP contribution in [0.15, 0.2) is 0 Å². The highest BCUT2D eigenvalue weighted by Crippen LogP contribution is 2.27. The Morgan fingerprint density at radius 1 is 1.32 bits per heavy atom. The van der Waals surface area contributed by atoms with Crippen LogP contribution < -0.4 is 0 Å². The number of esters is 2. The lowest BCUT2D eigenvalue weighted by atomic mass is 10.1. The number of nitrogens with zero attached hydrogens (tertiary/aromatic N) is 1. The van der Waals surface area contributed by atoms with E-state index in [4.69, 9.17) is 16.3 Å². The SMILES string of the molecule is CCOC(=O)c1c(C)c(C(=O)C(=O)OC)n(C)c1Cl. The number of hydrogen-bond donors (Lipinski definition) is 0. The van der Waals surface area contributed by atoms with Gasteiger partial charge < -0.3 is 14.0 Å². The second-order valence-electron chi connectivity index (χ2n) is 3.74. The van der Waals surface area contributed by atoms with E-state index in [1.54, 1.807) is 6.92 Å². The summed E-state index contributed by atoms with van der Waals surface area (Å²) in [5, 5.41) is 0.0446. The van der Waals surface area contributed by atoms with Gasteiger partial charge >= 0.3 is 11.9 Å². The molecule has 19 heavy (non-hydrogen) atoms. The molecular weight excluding hydrogens is 274 g/mol. The molecule has 0 aliphatic heterocycles. The van der Waals surface area contributed by atoms with Crippen molar-refractivity contribution in [2.24, 2.45) is 7.05 Å². The van der Waals surface area contributed by atoms with Crippen LogP contribution in [0.3, 0.4) is 0 Å². The van der Waals surface area contributed by atoms with Gasteiger partial charge in [0.1, 0.15) is 16.4 Å². The van der Waals surface area contributed by atoms with E-state index in [1.165, 1.54) is 18.5 Å². The number of aromatic nitrogens is 1. The summed E-state index contributed by atoms with van der Waals surface area (Å²) in [6.45, 7) is 3.36. The summed E-state index contributed by atoms with van der Waals surface area (Å²) >= 11 is 6.00. The Kier molecular flexibility index (Phi) is 4.72. The van der Waals surface area contributed by atoms with Gasteiger partial charge in [0.05, 0.1) is 13.7 Å². The molecule has 0 bridgehead atoms. The van der Waals surface area contributed by atoms with Crippen molar-refractivity contribution in [3.05, 3.63) is 22.0 Å². The van der Waals surface area contributed by atoms with Gasteiger partial charge in [0, 0.05) is 7.05 Å². The van der Waals surface area contributed by atoms with Crippen molar-refractivity contribution in [2.75, 3.05) is 13.7 Å². The number of ether oxygens (including phenoxy) is 2. The molecular formula is C12H14ClNO5. The van der Waals surface area contributed by atoms with E-state index in [2.05, 4.69) is 4.74 Å². The molecule has 0 saturated heterocycles. The van der Waals surface area contributed by atoms with E-state index < -0.39 is 17.7 Å². The van der Waals surface area contributed by atoms with Crippen LogP contribution in [0.25, 0.3) is 0 Å². The Bertz CT molecular complexity index is 547. The van der Waals surface area contributed by atoms with Crippen molar-refractivity contribution in [1.82, 2.24) is 4.57 Å². The van der Waals surface area contributed by atoms with Gasteiger partial charge in [0.15, 0.2) is 0 Å². The summed E-state index contributed by atoms with van der Waals surface area (Å²) in [7, 11) is 2.58. The van der Waals surface area contributed by atoms with Crippen LogP contribution in [0, 0.1) is 6.92 Å². The minimum atomic E-state index is -1.02. The number of Topliss-reactive ketones (excluding diaryl/α,β-unsaturated/α-hetero) is 1. The summed E-state index contributed by atoms with van der Waals surface area (Å²) in [4.78, 5) is 34.9. The first-order valence-corrected chi connectivity index (χ1v) is 5.89. The zero-order valence-electron chi connectivity index (χ0n) is 11.1. The molecule has 1 rings (SSSR count). The normalized spacial score (nSPS) is 10.2. The van der Waals surface area contributed by atoms with Crippen molar-refractivity contribution in [2.45, 2.75) is 13.8 Å². The zero-order chi connectivity index (χ0) is 14.7. The molecule has 104 valence electrons. The molecule has 1 heterocycles. The third-order valence-corrected chi connectivity index (χ3v) is 3.07. The summed E-state index contributed by atoms with van der Waals surface area (Å²) in [5.41, 5.74) is 0.388. The van der Waals surface area contributed by atoms with Gasteiger partial charge in [-0.25, -0.2) is 9.59 Å². The van der Waals surface area contributed by atoms with Crippen LogP contribution in [-0.2, 0) is 21.3 Å². The van der Waals surface area contributed by atoms with Crippen molar-refractivity contribution in [3.8, 4) is 0 Å². The number of methoxy groups -OCH3 is 1. The van der Waals surface area contributed by atoms with E-state index >= 15 is 0 Å². The second kappa shape index (κ2) is 5.88. The number of carbonyl (C=O) groups excluding carboxylic acids is 3. The highest BCUT2D eigenvalue weighted by Gasteiger charge is 2.30. The number of rotatable bonds is 4. The minimum absolute atomic E-state index is 0.0138. The maximum Gasteiger partial charge on any atom is 0.381 e. The molecule has 0 N–H and O–H groups in total. The standard InChI is InChI=1S/C12H14ClNO5/c1-5-19-11(16)7-6(2)8(14(3)10(7)13)9(15)12(17)18-4/h5H2,1-4H3. The van der Waals surface area contributed by atoms with E-state index in [1.807, 2.05) is 0 Å². The van der Waals surface area contributed by atoms with Gasteiger partial charge in [0.25, 0.3) is 5.78 Å². The fourth-order valence-electron chi connectivity index (χ4n) is 1.74. The van der Waals surface area contributed by atoms with Crippen molar-refractivity contribution >= 4 is 29.3 Å². The topological polar surface area (TPSA) is 74.6 Å². The molecule has 0 amide bonds. The highest BCUT2D eigenvalue weighted by atomic mass is 35.5. The Morgan fingerprint density at radius 2 is 1.89 bits per heavy atom. The third kappa shape index (κ3) is 2.63. The molecule has 0 unspecified atom stereocenters. The smallest absolute Gasteiger partial charge is 0.381 e. The van der Waals surface area contributed by atoms with Gasteiger partial charge in [-0.2, -0.15) is 0 Å². The first kappa shape index (κ1) is 15.2. The molecule has 0 radical (unpaired) electrons. The lowest BCUT2D eigenvalue weighted by Crippen LogP contribution is -2.19. The molecule has 6 nitrogen and oxygen atoms in total. The monoisotopic (exact) mass is 287 g/mol. The maximum absolute atomic E-state index is 11.9. The predicted molar refractivity (Wildman–Crippen MR) is 67.5 cm³/mol. The first-order chi connectivity index (χ1) is 8.86. The van der Waals surface area contributed by atoms with Crippen LogP contribution >= 0.6 is 11.6 Å². The van der Waals surface area contributed by atoms with Crippen molar-refractivity contribution < 1.29 is 23.9 Å². The van der Waals surface area contributed by atoms with Gasteiger partial charge in [0.2, 0.25) is 0 Å². The zero-order valence-corrected chi connectivity index (χ0v) is 11.8. The highest BCUT2D eigenvalue weighted by molar-refractivity contribution is 6.42. The molecule has 0 aliphatic carbocycles. The Labute approximate surface area is 115 Å². The molecule has 0 aromatic carbocycles. The van der Waals surface area contributed by atoms with Crippen LogP contribution in [0.4, 0.5) is 0 Å². The van der Waals surface area contributed by atoms with Crippen molar-refractivity contribution in [3.63, 3.8) is 0 Å². The maximum atomic E-state index is 11.9. The lowest BCUT2D eigenvalue weighted by molar-refractivity contribution is -0.135. The van der Waals surface area contributed by atoms with Gasteiger partial charge in [-0.05, 0) is 19.4 Å². The molecule has 1 aromatic rings. The van der Waals surface area contributed by atoms with Crippen LogP contribution in [-0.4, -0.2) is 36.0 Å². The molecule has 0 fully saturated rings. The largest absolute Gasteiger partial charge is 0.463 e. The van der Waals surface area contributed by atoms with Gasteiger partial charge in [-0.1, -0.05) is 11.6 Å². The molecule has 7 heteroatoms. The first-order valence-electron chi connectivity index (χ1n) is 5.51. The van der Waals surface area contributed by atoms with E-state index in [-0.39, 0.29) is 23.0 Å². The Hall–Kier alpha value is -1.82. The van der Waals surface area contributed by atoms with Crippen LogP contribution in [0.2, 0.25) is 5.15 Å². The summed E-state index contributed by atoms with van der Waals surface area (Å²) in [5.74, 6) is -2.51. The predicted octanol–water partition coefficient (Wildman–Crippen LogP) is 1.52. The summed E-state index contributed by atoms with van der Waals surface area (Å²) in [6.07, 6.45) is 0. The number of carbonyl (C=O) groups is 3. The fraction of sp³-hybridized carbons (Fsp3) is 0.417. The fourth-order valence-corrected chi connectivity index (χ4v) is 2.05. The Balaban J connectivity index is 3.37. The molecule has 0 atom stereocenters. The van der Waals surface area contributed by atoms with E-state index in [9.17, 15) is 14.4 Å². The Morgan fingerprint density at radius 3 is 2.37 bits per heavy atom. The second-order valence-corrected chi connectivity index (χ2v) is 4.10. The molecule has 0 spiro atoms. The van der Waals surface area contributed by atoms with Gasteiger partial charge in [-0.15, -0.1) is 0 Å². The quantitative estimate of drug-likeness (QED) is 0.477. The van der Waals surface area contributed by atoms with Crippen LogP contribution in [0.1, 0.15) is 33.3 Å². The summed E-state index contributed by atoms with van der Waals surface area (Å²) < 4.78 is 10.5.